The summed E-state index contributed by atoms with van der Waals surface area (Å²) in [6.07, 6.45) is 2.05. The molecule has 0 aromatic heterocycles. The molecule has 1 heterocycles. The predicted molar refractivity (Wildman–Crippen MR) is 61.1 cm³/mol. The zero-order valence-electron chi connectivity index (χ0n) is 9.54. The van der Waals surface area contributed by atoms with Gasteiger partial charge in [0.25, 0.3) is 0 Å². The number of carbonyl (C=O) groups is 1. The second-order valence-corrected chi connectivity index (χ2v) is 4.47. The maximum Gasteiger partial charge on any atom is 0.228 e. The molecule has 3 nitrogen and oxygen atoms in total. The van der Waals surface area contributed by atoms with Crippen molar-refractivity contribution in [2.45, 2.75) is 32.8 Å². The molecule has 1 aliphatic rings. The first kappa shape index (κ1) is 12.8. The maximum atomic E-state index is 12.1. The highest BCUT2D eigenvalue weighted by Crippen LogP contribution is 2.21. The average Bonchev–Trinajstić information content (AvgIpc) is 2.63. The highest BCUT2D eigenvalue weighted by Gasteiger charge is 2.30. The average molecular weight is 234 g/mol. The third-order valence-corrected chi connectivity index (χ3v) is 2.88. The maximum absolute atomic E-state index is 12.1. The van der Waals surface area contributed by atoms with Crippen LogP contribution in [0.25, 0.3) is 0 Å². The zero-order chi connectivity index (χ0) is 11.3. The fourth-order valence-electron chi connectivity index (χ4n) is 1.95. The van der Waals surface area contributed by atoms with Crippen LogP contribution < -0.4 is 0 Å². The van der Waals surface area contributed by atoms with E-state index >= 15 is 0 Å². The van der Waals surface area contributed by atoms with Gasteiger partial charge in [-0.3, -0.25) is 4.79 Å². The predicted octanol–water partition coefficient (Wildman–Crippen LogP) is 1.89. The van der Waals surface area contributed by atoms with Crippen LogP contribution in [0.15, 0.2) is 0 Å². The molecule has 0 aliphatic carbocycles. The first-order valence-corrected chi connectivity index (χ1v) is 6.18. The summed E-state index contributed by atoms with van der Waals surface area (Å²) in [5.74, 6) is 0.770. The molecule has 0 bridgehead atoms. The molecule has 2 atom stereocenters. The number of hydrogen-bond acceptors (Lipinski definition) is 2. The molecule has 1 amide bonds. The molecule has 0 aromatic carbocycles. The normalized spacial score (nSPS) is 25.5. The molecule has 88 valence electrons. The third kappa shape index (κ3) is 3.65. The summed E-state index contributed by atoms with van der Waals surface area (Å²) < 4.78 is 5.41. The minimum absolute atomic E-state index is 0.0507. The summed E-state index contributed by atoms with van der Waals surface area (Å²) in [5.41, 5.74) is 0. The van der Waals surface area contributed by atoms with E-state index in [2.05, 4.69) is 6.92 Å². The van der Waals surface area contributed by atoms with Gasteiger partial charge >= 0.3 is 0 Å². The van der Waals surface area contributed by atoms with Gasteiger partial charge in [0, 0.05) is 19.0 Å². The van der Waals surface area contributed by atoms with Gasteiger partial charge in [-0.2, -0.15) is 0 Å². The minimum Gasteiger partial charge on any atom is -0.378 e. The van der Waals surface area contributed by atoms with E-state index < -0.39 is 0 Å². The summed E-state index contributed by atoms with van der Waals surface area (Å²) in [7, 11) is 0. The molecule has 0 N–H and O–H groups in total. The van der Waals surface area contributed by atoms with Crippen LogP contribution in [-0.4, -0.2) is 42.5 Å². The third-order valence-electron chi connectivity index (χ3n) is 2.71. The smallest absolute Gasteiger partial charge is 0.228 e. The summed E-state index contributed by atoms with van der Waals surface area (Å²) >= 11 is 5.69. The van der Waals surface area contributed by atoms with E-state index in [0.717, 1.165) is 19.4 Å². The van der Waals surface area contributed by atoms with Gasteiger partial charge in [0.15, 0.2) is 0 Å². The van der Waals surface area contributed by atoms with Gasteiger partial charge in [0.05, 0.1) is 18.6 Å². The van der Waals surface area contributed by atoms with Crippen LogP contribution in [0.1, 0.15) is 26.7 Å². The molecule has 1 fully saturated rings. The Balaban J connectivity index is 2.47. The van der Waals surface area contributed by atoms with Gasteiger partial charge in [-0.05, 0) is 19.8 Å². The number of nitrogens with zero attached hydrogens (tertiary/aromatic N) is 1. The molecule has 4 heteroatoms. The second kappa shape index (κ2) is 6.33. The SMILES string of the molecule is CCCN(CCCl)C(=O)C1COC(C)C1. The summed E-state index contributed by atoms with van der Waals surface area (Å²) in [6.45, 7) is 6.11. The van der Waals surface area contributed by atoms with Gasteiger partial charge in [0.2, 0.25) is 5.91 Å². The zero-order valence-corrected chi connectivity index (χ0v) is 10.3. The lowest BCUT2D eigenvalue weighted by Gasteiger charge is -2.23. The van der Waals surface area contributed by atoms with E-state index in [4.69, 9.17) is 16.3 Å². The van der Waals surface area contributed by atoms with Crippen LogP contribution in [0.5, 0.6) is 0 Å². The Morgan fingerprint density at radius 1 is 1.53 bits per heavy atom. The highest BCUT2D eigenvalue weighted by atomic mass is 35.5. The van der Waals surface area contributed by atoms with E-state index in [9.17, 15) is 4.79 Å². The van der Waals surface area contributed by atoms with E-state index in [-0.39, 0.29) is 17.9 Å². The first-order chi connectivity index (χ1) is 7.19. The molecular weight excluding hydrogens is 214 g/mol. The van der Waals surface area contributed by atoms with Gasteiger partial charge in [-0.15, -0.1) is 11.6 Å². The number of amides is 1. The molecule has 1 aliphatic heterocycles. The second-order valence-electron chi connectivity index (χ2n) is 4.09. The van der Waals surface area contributed by atoms with E-state index in [1.165, 1.54) is 0 Å². The van der Waals surface area contributed by atoms with E-state index in [1.807, 2.05) is 11.8 Å². The van der Waals surface area contributed by atoms with E-state index in [1.54, 1.807) is 0 Å². The number of hydrogen-bond donors (Lipinski definition) is 0. The first-order valence-electron chi connectivity index (χ1n) is 5.65. The number of alkyl halides is 1. The van der Waals surface area contributed by atoms with Crippen LogP contribution in [0.2, 0.25) is 0 Å². The van der Waals surface area contributed by atoms with Crippen LogP contribution in [0.3, 0.4) is 0 Å². The van der Waals surface area contributed by atoms with Crippen molar-refractivity contribution in [3.63, 3.8) is 0 Å². The van der Waals surface area contributed by atoms with Crippen molar-refractivity contribution in [2.75, 3.05) is 25.6 Å². The lowest BCUT2D eigenvalue weighted by molar-refractivity contribution is -0.135. The quantitative estimate of drug-likeness (QED) is 0.679. The highest BCUT2D eigenvalue weighted by molar-refractivity contribution is 6.18. The number of halogens is 1. The number of carbonyl (C=O) groups excluding carboxylic acids is 1. The van der Waals surface area contributed by atoms with Gasteiger partial charge in [-0.25, -0.2) is 0 Å². The molecule has 0 aromatic rings. The standard InChI is InChI=1S/C11H20ClNO2/c1-3-5-13(6-4-12)11(14)10-7-9(2)15-8-10/h9-10H,3-8H2,1-2H3. The van der Waals surface area contributed by atoms with Gasteiger partial charge in [0.1, 0.15) is 0 Å². The summed E-state index contributed by atoms with van der Waals surface area (Å²) in [4.78, 5) is 13.9. The number of ether oxygens (including phenoxy) is 1. The molecule has 0 spiro atoms. The molecule has 15 heavy (non-hydrogen) atoms. The molecule has 2 unspecified atom stereocenters. The Morgan fingerprint density at radius 2 is 2.27 bits per heavy atom. The van der Waals surface area contributed by atoms with Crippen molar-refractivity contribution in [2.24, 2.45) is 5.92 Å². The van der Waals surface area contributed by atoms with Crippen molar-refractivity contribution in [1.29, 1.82) is 0 Å². The largest absolute Gasteiger partial charge is 0.378 e. The topological polar surface area (TPSA) is 29.5 Å². The van der Waals surface area contributed by atoms with Crippen molar-refractivity contribution in [1.82, 2.24) is 4.90 Å². The van der Waals surface area contributed by atoms with Gasteiger partial charge in [-0.1, -0.05) is 6.92 Å². The number of rotatable bonds is 5. The summed E-state index contributed by atoms with van der Waals surface area (Å²) in [6, 6.07) is 0. The minimum atomic E-state index is 0.0507. The molecule has 1 rings (SSSR count). The lowest BCUT2D eigenvalue weighted by atomic mass is 10.0. The molecule has 1 saturated heterocycles. The van der Waals surface area contributed by atoms with Crippen molar-refractivity contribution < 1.29 is 9.53 Å². The lowest BCUT2D eigenvalue weighted by Crippen LogP contribution is -2.38. The molecule has 0 saturated carbocycles. The fourth-order valence-corrected chi connectivity index (χ4v) is 2.16. The Bertz CT molecular complexity index is 205. The fraction of sp³-hybridized carbons (Fsp3) is 0.909. The Morgan fingerprint density at radius 3 is 2.73 bits per heavy atom. The van der Waals surface area contributed by atoms with Gasteiger partial charge < -0.3 is 9.64 Å². The van der Waals surface area contributed by atoms with Crippen molar-refractivity contribution in [3.8, 4) is 0 Å². The summed E-state index contributed by atoms with van der Waals surface area (Å²) in [5, 5.41) is 0. The van der Waals surface area contributed by atoms with Crippen LogP contribution in [0.4, 0.5) is 0 Å². The molecular formula is C11H20ClNO2. The van der Waals surface area contributed by atoms with Crippen molar-refractivity contribution >= 4 is 17.5 Å². The van der Waals surface area contributed by atoms with Crippen LogP contribution in [0, 0.1) is 5.92 Å². The Kier molecular flexibility index (Phi) is 5.40. The van der Waals surface area contributed by atoms with Crippen LogP contribution in [-0.2, 0) is 9.53 Å². The van der Waals surface area contributed by atoms with Crippen molar-refractivity contribution in [3.05, 3.63) is 0 Å². The van der Waals surface area contributed by atoms with Crippen LogP contribution >= 0.6 is 11.6 Å². The monoisotopic (exact) mass is 233 g/mol. The molecule has 0 radical (unpaired) electrons. The van der Waals surface area contributed by atoms with E-state index in [0.29, 0.717) is 19.0 Å². The Labute approximate surface area is 96.7 Å². The Hall–Kier alpha value is -0.280.